The molecule has 0 saturated heterocycles. The number of hydrogen-bond acceptors (Lipinski definition) is 5. The largest absolute Gasteiger partial charge is 0.308 e. The van der Waals surface area contributed by atoms with E-state index in [1.807, 2.05) is 25.1 Å². The average Bonchev–Trinajstić information content (AvgIpc) is 2.36. The minimum atomic E-state index is 0.646. The fourth-order valence-corrected chi connectivity index (χ4v) is 2.83. The van der Waals surface area contributed by atoms with Crippen molar-refractivity contribution in [2.45, 2.75) is 17.6 Å². The number of nitrogens with one attached hydrogen (secondary N) is 1. The van der Waals surface area contributed by atoms with Crippen LogP contribution in [0.4, 0.5) is 5.82 Å². The van der Waals surface area contributed by atoms with Crippen LogP contribution in [0, 0.1) is 6.92 Å². The number of nitrogen functional groups attached to an aromatic ring is 1. The van der Waals surface area contributed by atoms with E-state index in [2.05, 4.69) is 43.5 Å². The van der Waals surface area contributed by atoms with E-state index >= 15 is 0 Å². The molecule has 2 aromatic rings. The van der Waals surface area contributed by atoms with Gasteiger partial charge in [-0.3, -0.25) is 0 Å². The Morgan fingerprint density at radius 2 is 2.17 bits per heavy atom. The molecule has 4 nitrogen and oxygen atoms in total. The van der Waals surface area contributed by atoms with Gasteiger partial charge in [0.05, 0.1) is 5.75 Å². The highest BCUT2D eigenvalue weighted by Crippen LogP contribution is 2.24. The van der Waals surface area contributed by atoms with Gasteiger partial charge in [0.25, 0.3) is 0 Å². The average molecular weight is 325 g/mol. The molecule has 94 valence electrons. The van der Waals surface area contributed by atoms with Crippen LogP contribution in [0.2, 0.25) is 0 Å². The van der Waals surface area contributed by atoms with E-state index < -0.39 is 0 Å². The minimum absolute atomic E-state index is 0.646. The van der Waals surface area contributed by atoms with Crippen LogP contribution in [-0.4, -0.2) is 9.97 Å². The Balaban J connectivity index is 2.08. The third kappa shape index (κ3) is 3.69. The number of thioether (sulfide) groups is 1. The predicted molar refractivity (Wildman–Crippen MR) is 78.3 cm³/mol. The standard InChI is InChI=1S/C12H13BrN4S/c1-8-5-11(17-14)16-12(15-8)7-18-10-4-2-3-9(13)6-10/h2-6H,7,14H2,1H3,(H,15,16,17). The molecule has 2 rings (SSSR count). The zero-order chi connectivity index (χ0) is 13.0. The van der Waals surface area contributed by atoms with Crippen LogP contribution >= 0.6 is 27.7 Å². The molecule has 6 heteroatoms. The van der Waals surface area contributed by atoms with E-state index in [1.54, 1.807) is 11.8 Å². The minimum Gasteiger partial charge on any atom is -0.308 e. The predicted octanol–water partition coefficient (Wildman–Crippen LogP) is 3.13. The number of anilines is 1. The molecule has 0 bridgehead atoms. The molecule has 3 N–H and O–H groups in total. The van der Waals surface area contributed by atoms with Crippen LogP contribution in [0.15, 0.2) is 39.7 Å². The molecule has 0 unspecified atom stereocenters. The summed E-state index contributed by atoms with van der Waals surface area (Å²) in [4.78, 5) is 9.87. The van der Waals surface area contributed by atoms with Crippen molar-refractivity contribution in [3.8, 4) is 0 Å². The van der Waals surface area contributed by atoms with E-state index in [0.717, 1.165) is 16.0 Å². The summed E-state index contributed by atoms with van der Waals surface area (Å²) in [6.07, 6.45) is 0. The number of nitrogens with zero attached hydrogens (tertiary/aromatic N) is 2. The van der Waals surface area contributed by atoms with Crippen LogP contribution in [0.25, 0.3) is 0 Å². The van der Waals surface area contributed by atoms with E-state index in [0.29, 0.717) is 11.6 Å². The Kier molecular flexibility index (Phi) is 4.57. The Morgan fingerprint density at radius 3 is 2.89 bits per heavy atom. The van der Waals surface area contributed by atoms with Gasteiger partial charge >= 0.3 is 0 Å². The normalized spacial score (nSPS) is 10.4. The lowest BCUT2D eigenvalue weighted by Gasteiger charge is -2.05. The van der Waals surface area contributed by atoms with Crippen LogP contribution in [0.1, 0.15) is 11.5 Å². The van der Waals surface area contributed by atoms with Gasteiger partial charge in [0.2, 0.25) is 0 Å². The summed E-state index contributed by atoms with van der Waals surface area (Å²) in [6, 6.07) is 9.96. The quantitative estimate of drug-likeness (QED) is 0.514. The Bertz CT molecular complexity index is 547. The summed E-state index contributed by atoms with van der Waals surface area (Å²) >= 11 is 5.14. The van der Waals surface area contributed by atoms with Crippen molar-refractivity contribution in [1.82, 2.24) is 9.97 Å². The lowest BCUT2D eigenvalue weighted by Crippen LogP contribution is -2.10. The molecule has 0 saturated carbocycles. The van der Waals surface area contributed by atoms with Gasteiger partial charge < -0.3 is 5.43 Å². The summed E-state index contributed by atoms with van der Waals surface area (Å²) in [7, 11) is 0. The first kappa shape index (κ1) is 13.3. The molecule has 0 amide bonds. The topological polar surface area (TPSA) is 63.8 Å². The van der Waals surface area contributed by atoms with Gasteiger partial charge in [-0.15, -0.1) is 11.8 Å². The number of aromatic nitrogens is 2. The van der Waals surface area contributed by atoms with Crippen LogP contribution in [0.3, 0.4) is 0 Å². The molecule has 0 aliphatic carbocycles. The summed E-state index contributed by atoms with van der Waals surface area (Å²) in [5.41, 5.74) is 3.45. The molecule has 0 spiro atoms. The van der Waals surface area contributed by atoms with Gasteiger partial charge in [-0.25, -0.2) is 15.8 Å². The second-order valence-electron chi connectivity index (χ2n) is 3.70. The van der Waals surface area contributed by atoms with Crippen molar-refractivity contribution in [2.24, 2.45) is 5.84 Å². The number of nitrogens with two attached hydrogens (primary N) is 1. The number of rotatable bonds is 4. The van der Waals surface area contributed by atoms with Gasteiger partial charge in [0.1, 0.15) is 11.6 Å². The second-order valence-corrected chi connectivity index (χ2v) is 5.67. The third-order valence-electron chi connectivity index (χ3n) is 2.21. The van der Waals surface area contributed by atoms with Crippen molar-refractivity contribution >= 4 is 33.5 Å². The second kappa shape index (κ2) is 6.17. The van der Waals surface area contributed by atoms with E-state index in [-0.39, 0.29) is 0 Å². The number of hydrazine groups is 1. The summed E-state index contributed by atoms with van der Waals surface area (Å²) < 4.78 is 1.07. The number of aryl methyl sites for hydroxylation is 1. The monoisotopic (exact) mass is 324 g/mol. The molecule has 0 fully saturated rings. The lowest BCUT2D eigenvalue weighted by molar-refractivity contribution is 0.990. The van der Waals surface area contributed by atoms with Gasteiger partial charge in [0.15, 0.2) is 0 Å². The fourth-order valence-electron chi connectivity index (χ4n) is 1.47. The van der Waals surface area contributed by atoms with Gasteiger partial charge in [-0.2, -0.15) is 0 Å². The molecule has 1 heterocycles. The Morgan fingerprint density at radius 1 is 1.33 bits per heavy atom. The van der Waals surface area contributed by atoms with Crippen LogP contribution in [0.5, 0.6) is 0 Å². The van der Waals surface area contributed by atoms with E-state index in [1.165, 1.54) is 4.90 Å². The van der Waals surface area contributed by atoms with Crippen LogP contribution in [-0.2, 0) is 5.75 Å². The summed E-state index contributed by atoms with van der Waals surface area (Å²) in [5, 5.41) is 0. The SMILES string of the molecule is Cc1cc(NN)nc(CSc2cccc(Br)c2)n1. The maximum atomic E-state index is 5.36. The van der Waals surface area contributed by atoms with Crippen molar-refractivity contribution in [3.63, 3.8) is 0 Å². The smallest absolute Gasteiger partial charge is 0.143 e. The Hall–Kier alpha value is -1.11. The zero-order valence-electron chi connectivity index (χ0n) is 9.85. The first-order valence-electron chi connectivity index (χ1n) is 5.37. The maximum absolute atomic E-state index is 5.36. The van der Waals surface area contributed by atoms with Crippen molar-refractivity contribution < 1.29 is 0 Å². The number of hydrogen-bond donors (Lipinski definition) is 2. The maximum Gasteiger partial charge on any atom is 0.143 e. The molecule has 0 radical (unpaired) electrons. The fraction of sp³-hybridized carbons (Fsp3) is 0.167. The van der Waals surface area contributed by atoms with E-state index in [4.69, 9.17) is 5.84 Å². The van der Waals surface area contributed by atoms with E-state index in [9.17, 15) is 0 Å². The molecule has 0 atom stereocenters. The molecular weight excluding hydrogens is 312 g/mol. The first-order chi connectivity index (χ1) is 8.67. The highest BCUT2D eigenvalue weighted by molar-refractivity contribution is 9.10. The first-order valence-corrected chi connectivity index (χ1v) is 7.15. The van der Waals surface area contributed by atoms with Gasteiger partial charge in [-0.1, -0.05) is 22.0 Å². The number of halogens is 1. The van der Waals surface area contributed by atoms with Gasteiger partial charge in [0, 0.05) is 21.1 Å². The highest BCUT2D eigenvalue weighted by Gasteiger charge is 2.03. The van der Waals surface area contributed by atoms with Crippen molar-refractivity contribution in [2.75, 3.05) is 5.43 Å². The molecular formula is C12H13BrN4S. The number of benzene rings is 1. The molecule has 1 aromatic heterocycles. The molecule has 0 aliphatic rings. The van der Waals surface area contributed by atoms with Crippen molar-refractivity contribution in [1.29, 1.82) is 0 Å². The lowest BCUT2D eigenvalue weighted by atomic mass is 10.4. The van der Waals surface area contributed by atoms with Crippen LogP contribution < -0.4 is 11.3 Å². The molecule has 18 heavy (non-hydrogen) atoms. The van der Waals surface area contributed by atoms with Crippen molar-refractivity contribution in [3.05, 3.63) is 46.3 Å². The zero-order valence-corrected chi connectivity index (χ0v) is 12.3. The molecule has 0 aliphatic heterocycles. The summed E-state index contributed by atoms with van der Waals surface area (Å²) in [5.74, 6) is 7.49. The molecule has 1 aromatic carbocycles. The van der Waals surface area contributed by atoms with Gasteiger partial charge in [-0.05, 0) is 25.1 Å². The third-order valence-corrected chi connectivity index (χ3v) is 3.70. The Labute approximate surface area is 119 Å². The highest BCUT2D eigenvalue weighted by atomic mass is 79.9. The summed E-state index contributed by atoms with van der Waals surface area (Å²) in [6.45, 7) is 1.93.